The second-order valence-corrected chi connectivity index (χ2v) is 5.62. The summed E-state index contributed by atoms with van der Waals surface area (Å²) in [5.41, 5.74) is 1.13. The number of amides is 1. The van der Waals surface area contributed by atoms with Crippen LogP contribution in [0.4, 0.5) is 0 Å². The van der Waals surface area contributed by atoms with Crippen molar-refractivity contribution in [1.82, 2.24) is 5.32 Å². The fraction of sp³-hybridized carbons (Fsp3) is 0.562. The van der Waals surface area contributed by atoms with Crippen LogP contribution in [0.2, 0.25) is 0 Å². The van der Waals surface area contributed by atoms with E-state index in [1.165, 1.54) is 32.1 Å². The van der Waals surface area contributed by atoms with E-state index in [1.54, 1.807) is 0 Å². The first kappa shape index (κ1) is 12.7. The molecule has 0 spiro atoms. The van der Waals surface area contributed by atoms with Gasteiger partial charge in [0.15, 0.2) is 6.10 Å². The number of ether oxygens (including phenoxy) is 1. The van der Waals surface area contributed by atoms with E-state index in [9.17, 15) is 4.79 Å². The lowest BCUT2D eigenvalue weighted by molar-refractivity contribution is -0.122. The van der Waals surface area contributed by atoms with Crippen LogP contribution in [-0.4, -0.2) is 18.1 Å². The predicted octanol–water partition coefficient (Wildman–Crippen LogP) is 2.65. The lowest BCUT2D eigenvalue weighted by Gasteiger charge is -2.19. The summed E-state index contributed by atoms with van der Waals surface area (Å²) in [6.07, 6.45) is 6.39. The number of benzene rings is 1. The summed E-state index contributed by atoms with van der Waals surface area (Å²) < 4.78 is 5.59. The Morgan fingerprint density at radius 1 is 1.16 bits per heavy atom. The van der Waals surface area contributed by atoms with E-state index in [1.807, 2.05) is 30.3 Å². The Morgan fingerprint density at radius 3 is 2.63 bits per heavy atom. The summed E-state index contributed by atoms with van der Waals surface area (Å²) in [7, 11) is 0. The van der Waals surface area contributed by atoms with Crippen molar-refractivity contribution in [2.75, 3.05) is 0 Å². The first-order chi connectivity index (χ1) is 9.34. The van der Waals surface area contributed by atoms with Crippen LogP contribution in [0.1, 0.15) is 37.7 Å². The van der Waals surface area contributed by atoms with Crippen molar-refractivity contribution in [1.29, 1.82) is 0 Å². The van der Waals surface area contributed by atoms with Gasteiger partial charge in [0.05, 0.1) is 6.10 Å². The molecule has 1 amide bonds. The maximum absolute atomic E-state index is 12.0. The van der Waals surface area contributed by atoms with E-state index in [-0.39, 0.29) is 18.1 Å². The molecule has 3 heteroatoms. The molecule has 1 aromatic rings. The van der Waals surface area contributed by atoms with Crippen LogP contribution in [0, 0.1) is 5.92 Å². The molecule has 3 rings (SSSR count). The van der Waals surface area contributed by atoms with Gasteiger partial charge in [0, 0.05) is 6.54 Å². The average molecular weight is 259 g/mol. The molecule has 2 atom stereocenters. The number of rotatable bonds is 4. The van der Waals surface area contributed by atoms with Crippen molar-refractivity contribution in [2.45, 2.75) is 50.9 Å². The zero-order valence-corrected chi connectivity index (χ0v) is 11.2. The summed E-state index contributed by atoms with van der Waals surface area (Å²) in [5, 5.41) is 2.97. The maximum Gasteiger partial charge on any atom is 0.252 e. The fourth-order valence-corrected chi connectivity index (χ4v) is 3.04. The summed E-state index contributed by atoms with van der Waals surface area (Å²) in [6.45, 7) is 0.594. The van der Waals surface area contributed by atoms with Crippen LogP contribution in [0.15, 0.2) is 30.3 Å². The van der Waals surface area contributed by atoms with Crippen molar-refractivity contribution in [3.05, 3.63) is 35.9 Å². The highest BCUT2D eigenvalue weighted by molar-refractivity contribution is 5.83. The topological polar surface area (TPSA) is 41.6 Å². The Morgan fingerprint density at radius 2 is 1.89 bits per heavy atom. The smallest absolute Gasteiger partial charge is 0.252 e. The van der Waals surface area contributed by atoms with Crippen molar-refractivity contribution in [2.24, 2.45) is 5.92 Å². The molecule has 1 N–H and O–H groups in total. The summed E-state index contributed by atoms with van der Waals surface area (Å²) >= 11 is 0. The van der Waals surface area contributed by atoms with E-state index in [2.05, 4.69) is 5.32 Å². The second-order valence-electron chi connectivity index (χ2n) is 5.62. The Kier molecular flexibility index (Phi) is 3.83. The maximum atomic E-state index is 12.0. The Bertz CT molecular complexity index is 426. The van der Waals surface area contributed by atoms with E-state index >= 15 is 0 Å². The average Bonchev–Trinajstić information content (AvgIpc) is 3.27. The minimum atomic E-state index is -0.188. The predicted molar refractivity (Wildman–Crippen MR) is 73.5 cm³/mol. The summed E-state index contributed by atoms with van der Waals surface area (Å²) in [4.78, 5) is 12.0. The molecule has 102 valence electrons. The molecule has 1 aliphatic heterocycles. The number of hydrogen-bond acceptors (Lipinski definition) is 2. The molecule has 1 saturated carbocycles. The van der Waals surface area contributed by atoms with Crippen LogP contribution in [0.3, 0.4) is 0 Å². The summed E-state index contributed by atoms with van der Waals surface area (Å²) in [6, 6.07) is 9.99. The number of hydrogen-bond donors (Lipinski definition) is 1. The number of epoxide rings is 1. The molecular weight excluding hydrogens is 238 g/mol. The SMILES string of the molecule is O=C(NCc1ccccc1)[C@H]1O[C@H]1C1CCCCC1. The first-order valence-electron chi connectivity index (χ1n) is 7.32. The van der Waals surface area contributed by atoms with Crippen LogP contribution in [-0.2, 0) is 16.1 Å². The van der Waals surface area contributed by atoms with E-state index < -0.39 is 0 Å². The third-order valence-electron chi connectivity index (χ3n) is 4.21. The molecule has 1 heterocycles. The number of nitrogens with one attached hydrogen (secondary N) is 1. The highest BCUT2D eigenvalue weighted by atomic mass is 16.6. The van der Waals surface area contributed by atoms with Crippen LogP contribution in [0.25, 0.3) is 0 Å². The van der Waals surface area contributed by atoms with Crippen molar-refractivity contribution in [3.63, 3.8) is 0 Å². The normalized spacial score (nSPS) is 26.9. The molecule has 3 nitrogen and oxygen atoms in total. The molecule has 0 unspecified atom stereocenters. The van der Waals surface area contributed by atoms with Crippen LogP contribution >= 0.6 is 0 Å². The van der Waals surface area contributed by atoms with Crippen molar-refractivity contribution >= 4 is 5.91 Å². The van der Waals surface area contributed by atoms with Gasteiger partial charge in [-0.25, -0.2) is 0 Å². The fourth-order valence-electron chi connectivity index (χ4n) is 3.04. The first-order valence-corrected chi connectivity index (χ1v) is 7.32. The highest BCUT2D eigenvalue weighted by Crippen LogP contribution is 2.38. The van der Waals surface area contributed by atoms with Crippen LogP contribution in [0.5, 0.6) is 0 Å². The quantitative estimate of drug-likeness (QED) is 0.845. The lowest BCUT2D eigenvalue weighted by Crippen LogP contribution is -2.30. The third kappa shape index (κ3) is 3.16. The minimum absolute atomic E-state index is 0.0550. The second kappa shape index (κ2) is 5.74. The van der Waals surface area contributed by atoms with Crippen molar-refractivity contribution < 1.29 is 9.53 Å². The highest BCUT2D eigenvalue weighted by Gasteiger charge is 2.49. The molecular formula is C16H21NO2. The molecule has 1 aliphatic carbocycles. The standard InChI is InChI=1S/C16H21NO2/c18-16(17-11-12-7-3-1-4-8-12)15-14(19-15)13-9-5-2-6-10-13/h1,3-4,7-8,13-15H,2,5-6,9-11H2,(H,17,18)/t14-,15-/m0/s1. The minimum Gasteiger partial charge on any atom is -0.359 e. The van der Waals surface area contributed by atoms with Crippen molar-refractivity contribution in [3.8, 4) is 0 Å². The molecule has 0 aromatic heterocycles. The number of carbonyl (C=O) groups is 1. The van der Waals surface area contributed by atoms with E-state index in [0.29, 0.717) is 12.5 Å². The van der Waals surface area contributed by atoms with Gasteiger partial charge in [0.2, 0.25) is 0 Å². The third-order valence-corrected chi connectivity index (χ3v) is 4.21. The Labute approximate surface area is 114 Å². The van der Waals surface area contributed by atoms with E-state index in [4.69, 9.17) is 4.74 Å². The van der Waals surface area contributed by atoms with Gasteiger partial charge in [0.25, 0.3) is 5.91 Å². The molecule has 1 saturated heterocycles. The molecule has 19 heavy (non-hydrogen) atoms. The molecule has 1 aromatic carbocycles. The monoisotopic (exact) mass is 259 g/mol. The molecule has 0 radical (unpaired) electrons. The molecule has 0 bridgehead atoms. The Hall–Kier alpha value is -1.35. The molecule has 2 aliphatic rings. The van der Waals surface area contributed by atoms with E-state index in [0.717, 1.165) is 5.56 Å². The van der Waals surface area contributed by atoms with Crippen LogP contribution < -0.4 is 5.32 Å². The van der Waals surface area contributed by atoms with Gasteiger partial charge in [0.1, 0.15) is 0 Å². The largest absolute Gasteiger partial charge is 0.359 e. The van der Waals surface area contributed by atoms with Gasteiger partial charge in [-0.1, -0.05) is 49.6 Å². The lowest BCUT2D eigenvalue weighted by atomic mass is 9.86. The van der Waals surface area contributed by atoms with Gasteiger partial charge in [-0.15, -0.1) is 0 Å². The molecule has 2 fully saturated rings. The zero-order chi connectivity index (χ0) is 13.1. The summed E-state index contributed by atoms with van der Waals surface area (Å²) in [5.74, 6) is 0.667. The number of carbonyl (C=O) groups excluding carboxylic acids is 1. The Balaban J connectivity index is 1.45. The van der Waals surface area contributed by atoms with Gasteiger partial charge in [-0.3, -0.25) is 4.79 Å². The van der Waals surface area contributed by atoms with Gasteiger partial charge < -0.3 is 10.1 Å². The van der Waals surface area contributed by atoms with Gasteiger partial charge in [-0.2, -0.15) is 0 Å². The van der Waals surface area contributed by atoms with Gasteiger partial charge >= 0.3 is 0 Å². The van der Waals surface area contributed by atoms with Gasteiger partial charge in [-0.05, 0) is 24.3 Å². The zero-order valence-electron chi connectivity index (χ0n) is 11.2.